The van der Waals surface area contributed by atoms with E-state index in [1.807, 2.05) is 0 Å². The molecule has 0 aliphatic heterocycles. The Morgan fingerprint density at radius 3 is 1.78 bits per heavy atom. The number of nitrogens with one attached hydrogen (secondary N) is 2. The third-order valence-electron chi connectivity index (χ3n) is 3.38. The highest BCUT2D eigenvalue weighted by molar-refractivity contribution is 7.24. The molecular formula is C15H8Cl4N2O4S2. The van der Waals surface area contributed by atoms with Crippen LogP contribution in [0.1, 0.15) is 21.0 Å². The Labute approximate surface area is 179 Å². The molecule has 0 amide bonds. The molecule has 0 fully saturated rings. The molecule has 0 atom stereocenters. The molecule has 142 valence electrons. The number of carboxylic acids is 1. The highest BCUT2D eigenvalue weighted by Gasteiger charge is 2.16. The lowest BCUT2D eigenvalue weighted by Crippen LogP contribution is -2.00. The quantitative estimate of drug-likeness (QED) is 0.280. The summed E-state index contributed by atoms with van der Waals surface area (Å²) in [6.45, 7) is 0. The van der Waals surface area contributed by atoms with Crippen molar-refractivity contribution >= 4 is 101 Å². The van der Waals surface area contributed by atoms with Crippen LogP contribution in [-0.2, 0) is 4.74 Å². The first-order chi connectivity index (χ1) is 12.7. The first-order valence-electron chi connectivity index (χ1n) is 6.97. The zero-order valence-corrected chi connectivity index (χ0v) is 17.8. The summed E-state index contributed by atoms with van der Waals surface area (Å²) < 4.78 is 7.16. The summed E-state index contributed by atoms with van der Waals surface area (Å²) in [5.41, 5.74) is 1.78. The van der Waals surface area contributed by atoms with Crippen molar-refractivity contribution < 1.29 is 19.4 Å². The molecule has 0 spiro atoms. The van der Waals surface area contributed by atoms with E-state index in [2.05, 4.69) is 14.7 Å². The number of carbonyl (C=O) groups excluding carboxylic acids is 1. The second-order valence-corrected chi connectivity index (χ2v) is 9.09. The molecule has 0 bridgehead atoms. The molecule has 3 N–H and O–H groups in total. The standard InChI is InChI=1S/C8H5Cl2NO2S.C7H3Cl2NO2S/c1-13-8(12)3-2-4-6(11-3)5(9)7(10)14-4;8-4-5-3(13-6(4)9)1-2(10-5)7(11)12/h2,11H,1H3;1,10H,(H,11,12). The third kappa shape index (κ3) is 3.91. The summed E-state index contributed by atoms with van der Waals surface area (Å²) >= 11 is 25.8. The van der Waals surface area contributed by atoms with Gasteiger partial charge in [-0.25, -0.2) is 9.59 Å². The number of H-pyrrole nitrogens is 2. The Hall–Kier alpha value is -1.42. The molecule has 4 aromatic heterocycles. The number of methoxy groups -OCH3 is 1. The topological polar surface area (TPSA) is 95.2 Å². The number of rotatable bonds is 2. The number of ether oxygens (including phenoxy) is 1. The molecule has 0 radical (unpaired) electrons. The van der Waals surface area contributed by atoms with Crippen LogP contribution < -0.4 is 0 Å². The van der Waals surface area contributed by atoms with Gasteiger partial charge in [-0.1, -0.05) is 46.4 Å². The zero-order valence-electron chi connectivity index (χ0n) is 13.2. The van der Waals surface area contributed by atoms with Gasteiger partial charge in [-0.3, -0.25) is 0 Å². The van der Waals surface area contributed by atoms with Gasteiger partial charge in [0.1, 0.15) is 20.1 Å². The van der Waals surface area contributed by atoms with Crippen LogP contribution in [0.5, 0.6) is 0 Å². The predicted molar refractivity (Wildman–Crippen MR) is 111 cm³/mol. The normalized spacial score (nSPS) is 10.9. The lowest BCUT2D eigenvalue weighted by Gasteiger charge is -1.92. The van der Waals surface area contributed by atoms with Crippen LogP contribution in [-0.4, -0.2) is 34.1 Å². The molecule has 4 aromatic rings. The summed E-state index contributed by atoms with van der Waals surface area (Å²) in [5, 5.41) is 9.49. The zero-order chi connectivity index (χ0) is 19.9. The number of thiophene rings is 2. The Morgan fingerprint density at radius 2 is 1.37 bits per heavy atom. The van der Waals surface area contributed by atoms with Gasteiger partial charge in [0, 0.05) is 0 Å². The summed E-state index contributed by atoms with van der Waals surface area (Å²) in [7, 11) is 1.33. The van der Waals surface area contributed by atoms with Crippen LogP contribution in [0.15, 0.2) is 12.1 Å². The van der Waals surface area contributed by atoms with Crippen LogP contribution in [0.25, 0.3) is 20.4 Å². The maximum Gasteiger partial charge on any atom is 0.354 e. The molecule has 0 aliphatic carbocycles. The smallest absolute Gasteiger partial charge is 0.354 e. The van der Waals surface area contributed by atoms with Crippen molar-refractivity contribution in [3.05, 3.63) is 42.2 Å². The van der Waals surface area contributed by atoms with Gasteiger partial charge in [-0.05, 0) is 12.1 Å². The van der Waals surface area contributed by atoms with Crippen LogP contribution >= 0.6 is 69.1 Å². The van der Waals surface area contributed by atoms with Crippen molar-refractivity contribution in [1.29, 1.82) is 0 Å². The van der Waals surface area contributed by atoms with Gasteiger partial charge < -0.3 is 19.8 Å². The van der Waals surface area contributed by atoms with E-state index in [4.69, 9.17) is 51.5 Å². The fourth-order valence-electron chi connectivity index (χ4n) is 2.17. The van der Waals surface area contributed by atoms with Crippen molar-refractivity contribution in [1.82, 2.24) is 9.97 Å². The van der Waals surface area contributed by atoms with Crippen LogP contribution in [0, 0.1) is 0 Å². The van der Waals surface area contributed by atoms with E-state index in [1.165, 1.54) is 35.8 Å². The van der Waals surface area contributed by atoms with Gasteiger partial charge in [0.05, 0.1) is 37.6 Å². The Morgan fingerprint density at radius 1 is 0.926 bits per heavy atom. The Kier molecular flexibility index (Phi) is 5.95. The minimum atomic E-state index is -1.00. The minimum Gasteiger partial charge on any atom is -0.477 e. The summed E-state index contributed by atoms with van der Waals surface area (Å²) in [6.07, 6.45) is 0. The van der Waals surface area contributed by atoms with E-state index in [1.54, 1.807) is 6.07 Å². The van der Waals surface area contributed by atoms with Crippen molar-refractivity contribution in [2.75, 3.05) is 7.11 Å². The lowest BCUT2D eigenvalue weighted by atomic mass is 10.4. The summed E-state index contributed by atoms with van der Waals surface area (Å²) in [5.74, 6) is -1.42. The van der Waals surface area contributed by atoms with E-state index in [-0.39, 0.29) is 5.69 Å². The molecule has 6 nitrogen and oxygen atoms in total. The van der Waals surface area contributed by atoms with Gasteiger partial charge >= 0.3 is 11.9 Å². The molecular weight excluding hydrogens is 478 g/mol. The maximum absolute atomic E-state index is 11.2. The number of esters is 1. The number of hydrogen-bond acceptors (Lipinski definition) is 5. The molecule has 0 aromatic carbocycles. The lowest BCUT2D eigenvalue weighted by molar-refractivity contribution is 0.0594. The monoisotopic (exact) mass is 484 g/mol. The van der Waals surface area contributed by atoms with Gasteiger partial charge in [-0.2, -0.15) is 0 Å². The molecule has 0 saturated heterocycles. The predicted octanol–water partition coefficient (Wildman–Crippen LogP) is 6.56. The summed E-state index contributed by atoms with van der Waals surface area (Å²) in [4.78, 5) is 27.2. The molecule has 27 heavy (non-hydrogen) atoms. The first-order valence-corrected chi connectivity index (χ1v) is 10.1. The average molecular weight is 486 g/mol. The van der Waals surface area contributed by atoms with Crippen molar-refractivity contribution in [3.8, 4) is 0 Å². The fraction of sp³-hybridized carbons (Fsp3) is 0.0667. The molecule has 0 saturated carbocycles. The number of carboxylic acid groups (broad SMARTS) is 1. The van der Waals surface area contributed by atoms with Gasteiger partial charge in [0.15, 0.2) is 0 Å². The Bertz CT molecular complexity index is 1170. The van der Waals surface area contributed by atoms with Crippen LogP contribution in [0.3, 0.4) is 0 Å². The van der Waals surface area contributed by atoms with Gasteiger partial charge in [-0.15, -0.1) is 22.7 Å². The molecule has 0 aliphatic rings. The number of aromatic amines is 2. The van der Waals surface area contributed by atoms with Gasteiger partial charge in [0.2, 0.25) is 0 Å². The van der Waals surface area contributed by atoms with E-state index in [0.717, 1.165) is 9.40 Å². The second-order valence-electron chi connectivity index (χ2n) is 5.02. The highest BCUT2D eigenvalue weighted by Crippen LogP contribution is 2.39. The Balaban J connectivity index is 0.000000156. The number of halogens is 4. The highest BCUT2D eigenvalue weighted by atomic mass is 35.5. The third-order valence-corrected chi connectivity index (χ3v) is 7.25. The number of aromatic carboxylic acids is 1. The van der Waals surface area contributed by atoms with E-state index >= 15 is 0 Å². The number of aromatic nitrogens is 2. The van der Waals surface area contributed by atoms with E-state index in [9.17, 15) is 9.59 Å². The van der Waals surface area contributed by atoms with Crippen molar-refractivity contribution in [2.45, 2.75) is 0 Å². The van der Waals surface area contributed by atoms with Crippen molar-refractivity contribution in [3.63, 3.8) is 0 Å². The SMILES string of the molecule is COC(=O)c1cc2sc(Cl)c(Cl)c2[nH]1.O=C(O)c1cc2sc(Cl)c(Cl)c2[nH]1. The molecule has 12 heteroatoms. The van der Waals surface area contributed by atoms with Crippen LogP contribution in [0.2, 0.25) is 18.7 Å². The molecule has 4 rings (SSSR count). The molecule has 4 heterocycles. The molecule has 0 unspecified atom stereocenters. The summed E-state index contributed by atoms with van der Waals surface area (Å²) in [6, 6.07) is 3.18. The number of hydrogen-bond donors (Lipinski definition) is 3. The second kappa shape index (κ2) is 7.90. The largest absolute Gasteiger partial charge is 0.477 e. The average Bonchev–Trinajstić information content (AvgIpc) is 3.34. The van der Waals surface area contributed by atoms with Crippen LogP contribution in [0.4, 0.5) is 0 Å². The first kappa shape index (κ1) is 20.3. The van der Waals surface area contributed by atoms with Crippen molar-refractivity contribution in [2.24, 2.45) is 0 Å². The van der Waals surface area contributed by atoms with E-state index in [0.29, 0.717) is 35.4 Å². The van der Waals surface area contributed by atoms with E-state index < -0.39 is 11.9 Å². The minimum absolute atomic E-state index is 0.125. The van der Waals surface area contributed by atoms with Gasteiger partial charge in [0.25, 0.3) is 0 Å². The number of fused-ring (bicyclic) bond motifs is 2. The number of carbonyl (C=O) groups is 2. The fourth-order valence-corrected chi connectivity index (χ4v) is 5.14. The maximum atomic E-state index is 11.2.